The summed E-state index contributed by atoms with van der Waals surface area (Å²) in [5.74, 6) is 1.48. The third-order valence-corrected chi connectivity index (χ3v) is 6.20. The van der Waals surface area contributed by atoms with Crippen molar-refractivity contribution in [2.45, 2.75) is 37.8 Å². The maximum atomic E-state index is 12.8. The number of ether oxygens (including phenoxy) is 1. The van der Waals surface area contributed by atoms with Crippen LogP contribution in [0.3, 0.4) is 0 Å². The number of fused-ring (bicyclic) bond motifs is 1. The van der Waals surface area contributed by atoms with Gasteiger partial charge in [0.1, 0.15) is 0 Å². The van der Waals surface area contributed by atoms with Gasteiger partial charge in [0.05, 0.1) is 18.8 Å². The first kappa shape index (κ1) is 20.5. The topological polar surface area (TPSA) is 103 Å². The molecule has 3 aliphatic rings. The first-order chi connectivity index (χ1) is 13.6. The van der Waals surface area contributed by atoms with Gasteiger partial charge in [-0.3, -0.25) is 14.5 Å². The van der Waals surface area contributed by atoms with Crippen LogP contribution in [-0.2, 0) is 4.79 Å². The van der Waals surface area contributed by atoms with Gasteiger partial charge in [-0.05, 0) is 56.7 Å². The highest BCUT2D eigenvalue weighted by molar-refractivity contribution is 5.94. The Hall–Kier alpha value is -2.19. The molecule has 1 aromatic rings. The lowest BCUT2D eigenvalue weighted by atomic mass is 9.77. The van der Waals surface area contributed by atoms with Gasteiger partial charge in [0, 0.05) is 31.4 Å². The largest absolute Gasteiger partial charge is 0.483 e. The van der Waals surface area contributed by atoms with Crippen LogP contribution in [0.25, 0.3) is 0 Å². The second-order valence-electron chi connectivity index (χ2n) is 7.77. The molecular formula is C20H29N3O5. The highest BCUT2D eigenvalue weighted by Crippen LogP contribution is 2.39. The van der Waals surface area contributed by atoms with Crippen LogP contribution in [0.5, 0.6) is 5.88 Å². The van der Waals surface area contributed by atoms with Crippen molar-refractivity contribution in [3.8, 4) is 5.88 Å². The van der Waals surface area contributed by atoms with Gasteiger partial charge in [-0.1, -0.05) is 0 Å². The minimum Gasteiger partial charge on any atom is -0.483 e. The van der Waals surface area contributed by atoms with Crippen molar-refractivity contribution in [2.75, 3.05) is 33.3 Å². The Morgan fingerprint density at radius 2 is 1.86 bits per heavy atom. The Labute approximate surface area is 165 Å². The zero-order valence-corrected chi connectivity index (χ0v) is 16.2. The standard InChI is InChI=1S/C19H27N3O3.CH2O2/c1-25-18-5-4-13(10-20-18)19(24)22-11-14-8-16(21-6-2-3-7-21)17(23)9-15(14)12-22;2-1-3/h4-5,10,14-17,23H,2-3,6-9,11-12H2,1H3;1H,(H,2,3)/t14-,15+,16-,17-;/m1./s1. The smallest absolute Gasteiger partial charge is 0.290 e. The summed E-state index contributed by atoms with van der Waals surface area (Å²) in [4.78, 5) is 29.7. The predicted octanol–water partition coefficient (Wildman–Crippen LogP) is 1.10. The van der Waals surface area contributed by atoms with E-state index in [1.165, 1.54) is 12.8 Å². The fourth-order valence-electron chi connectivity index (χ4n) is 4.85. The molecule has 1 aliphatic carbocycles. The maximum Gasteiger partial charge on any atom is 0.290 e. The zero-order valence-electron chi connectivity index (χ0n) is 16.2. The van der Waals surface area contributed by atoms with Crippen molar-refractivity contribution < 1.29 is 24.5 Å². The fraction of sp³-hybridized carbons (Fsp3) is 0.650. The second-order valence-corrected chi connectivity index (χ2v) is 7.77. The average Bonchev–Trinajstić information content (AvgIpc) is 3.37. The number of carbonyl (C=O) groups excluding carboxylic acids is 1. The van der Waals surface area contributed by atoms with Crippen molar-refractivity contribution in [3.05, 3.63) is 23.9 Å². The van der Waals surface area contributed by atoms with E-state index in [9.17, 15) is 9.90 Å². The first-order valence-corrected chi connectivity index (χ1v) is 9.86. The van der Waals surface area contributed by atoms with Gasteiger partial charge in [0.2, 0.25) is 5.88 Å². The van der Waals surface area contributed by atoms with Gasteiger partial charge in [-0.15, -0.1) is 0 Å². The summed E-state index contributed by atoms with van der Waals surface area (Å²) in [5, 5.41) is 17.5. The highest BCUT2D eigenvalue weighted by atomic mass is 16.5. The van der Waals surface area contributed by atoms with Crippen LogP contribution in [0.4, 0.5) is 0 Å². The van der Waals surface area contributed by atoms with E-state index >= 15 is 0 Å². The minimum absolute atomic E-state index is 0.0387. The fourth-order valence-corrected chi connectivity index (χ4v) is 4.85. The summed E-state index contributed by atoms with van der Waals surface area (Å²) >= 11 is 0. The molecule has 3 heterocycles. The SMILES string of the molecule is COc1ccc(C(=O)N2C[C@H]3C[C@@H](N4CCCC4)[C@H](O)C[C@H]3C2)cn1.O=CO. The number of rotatable bonds is 3. The zero-order chi connectivity index (χ0) is 20.1. The van der Waals surface area contributed by atoms with Gasteiger partial charge in [-0.25, -0.2) is 4.98 Å². The molecule has 0 radical (unpaired) electrons. The van der Waals surface area contributed by atoms with E-state index in [1.807, 2.05) is 4.90 Å². The average molecular weight is 391 g/mol. The Balaban J connectivity index is 0.000000706. The number of carbonyl (C=O) groups is 2. The quantitative estimate of drug-likeness (QED) is 0.744. The molecule has 0 unspecified atom stereocenters. The third-order valence-electron chi connectivity index (χ3n) is 6.20. The van der Waals surface area contributed by atoms with E-state index < -0.39 is 0 Å². The van der Waals surface area contributed by atoms with Crippen LogP contribution in [0.1, 0.15) is 36.0 Å². The molecular weight excluding hydrogens is 362 g/mol. The molecule has 4 atom stereocenters. The normalized spacial score (nSPS) is 29.6. The molecule has 2 N–H and O–H groups in total. The van der Waals surface area contributed by atoms with E-state index in [0.29, 0.717) is 23.3 Å². The second kappa shape index (κ2) is 9.34. The number of aliphatic hydroxyl groups excluding tert-OH is 1. The van der Waals surface area contributed by atoms with Crippen LogP contribution < -0.4 is 4.74 Å². The Kier molecular flexibility index (Phi) is 6.85. The molecule has 28 heavy (non-hydrogen) atoms. The molecule has 1 amide bonds. The lowest BCUT2D eigenvalue weighted by Crippen LogP contribution is -2.48. The van der Waals surface area contributed by atoms with Gasteiger partial charge >= 0.3 is 0 Å². The third kappa shape index (κ3) is 4.44. The van der Waals surface area contributed by atoms with Crippen LogP contribution in [-0.4, -0.2) is 82.8 Å². The summed E-state index contributed by atoms with van der Waals surface area (Å²) in [6, 6.07) is 3.78. The van der Waals surface area contributed by atoms with Crippen molar-refractivity contribution in [1.29, 1.82) is 0 Å². The number of nitrogens with zero attached hydrogens (tertiary/aromatic N) is 3. The molecule has 2 saturated heterocycles. The molecule has 0 bridgehead atoms. The molecule has 1 saturated carbocycles. The molecule has 154 valence electrons. The summed E-state index contributed by atoms with van der Waals surface area (Å²) in [5.41, 5.74) is 0.607. The van der Waals surface area contributed by atoms with E-state index in [2.05, 4.69) is 9.88 Å². The van der Waals surface area contributed by atoms with Gasteiger partial charge in [0.15, 0.2) is 0 Å². The number of methoxy groups -OCH3 is 1. The lowest BCUT2D eigenvalue weighted by molar-refractivity contribution is -0.122. The number of pyridine rings is 1. The molecule has 1 aromatic heterocycles. The van der Waals surface area contributed by atoms with Gasteiger partial charge in [0.25, 0.3) is 12.4 Å². The number of hydrogen-bond acceptors (Lipinski definition) is 6. The molecule has 2 aliphatic heterocycles. The van der Waals surface area contributed by atoms with Crippen molar-refractivity contribution >= 4 is 12.4 Å². The summed E-state index contributed by atoms with van der Waals surface area (Å²) in [7, 11) is 1.57. The van der Waals surface area contributed by atoms with E-state index in [4.69, 9.17) is 14.6 Å². The molecule has 4 rings (SSSR count). The molecule has 0 spiro atoms. The summed E-state index contributed by atoms with van der Waals surface area (Å²) in [6.07, 6.45) is 5.65. The van der Waals surface area contributed by atoms with Gasteiger partial charge in [-0.2, -0.15) is 0 Å². The number of hydrogen-bond donors (Lipinski definition) is 2. The molecule has 8 nitrogen and oxygen atoms in total. The monoisotopic (exact) mass is 391 g/mol. The Morgan fingerprint density at radius 3 is 2.43 bits per heavy atom. The summed E-state index contributed by atoms with van der Waals surface area (Å²) < 4.78 is 5.06. The Bertz CT molecular complexity index is 662. The van der Waals surface area contributed by atoms with E-state index in [0.717, 1.165) is 39.0 Å². The molecule has 8 heteroatoms. The number of amides is 1. The number of aromatic nitrogens is 1. The first-order valence-electron chi connectivity index (χ1n) is 9.86. The summed E-state index contributed by atoms with van der Waals surface area (Å²) in [6.45, 7) is 3.52. The number of carboxylic acid groups (broad SMARTS) is 1. The molecule has 3 fully saturated rings. The molecule has 0 aromatic carbocycles. The van der Waals surface area contributed by atoms with E-state index in [-0.39, 0.29) is 24.5 Å². The van der Waals surface area contributed by atoms with Gasteiger partial charge < -0.3 is 19.8 Å². The highest BCUT2D eigenvalue weighted by Gasteiger charge is 2.44. The van der Waals surface area contributed by atoms with Crippen molar-refractivity contribution in [2.24, 2.45) is 11.8 Å². The minimum atomic E-state index is -0.253. The van der Waals surface area contributed by atoms with Crippen LogP contribution >= 0.6 is 0 Å². The number of likely N-dealkylation sites (tertiary alicyclic amines) is 2. The van der Waals surface area contributed by atoms with Crippen molar-refractivity contribution in [3.63, 3.8) is 0 Å². The van der Waals surface area contributed by atoms with Crippen LogP contribution in [0.15, 0.2) is 18.3 Å². The van der Waals surface area contributed by atoms with Crippen LogP contribution in [0.2, 0.25) is 0 Å². The van der Waals surface area contributed by atoms with Crippen LogP contribution in [0, 0.1) is 11.8 Å². The van der Waals surface area contributed by atoms with E-state index in [1.54, 1.807) is 25.4 Å². The van der Waals surface area contributed by atoms with Crippen molar-refractivity contribution in [1.82, 2.24) is 14.8 Å². The maximum absolute atomic E-state index is 12.8. The number of aliphatic hydroxyl groups is 1. The predicted molar refractivity (Wildman–Crippen MR) is 102 cm³/mol. The Morgan fingerprint density at radius 1 is 1.21 bits per heavy atom. The lowest BCUT2D eigenvalue weighted by Gasteiger charge is -2.40.